The van der Waals surface area contributed by atoms with Crippen molar-refractivity contribution in [3.63, 3.8) is 0 Å². The Morgan fingerprint density at radius 1 is 1.79 bits per heavy atom. The molecule has 5 N–H and O–H groups in total. The fourth-order valence-corrected chi connectivity index (χ4v) is 1.07. The number of carbonyl (C=O) groups excluding carboxylic acids is 1. The van der Waals surface area contributed by atoms with Crippen LogP contribution in [0.5, 0.6) is 0 Å². The minimum Gasteiger partial charge on any atom is -1.00 e. The molecule has 0 aliphatic carbocycles. The van der Waals surface area contributed by atoms with Crippen LogP contribution in [-0.2, 0) is 9.63 Å². The number of hydroxylamine groups is 1. The van der Waals surface area contributed by atoms with Crippen molar-refractivity contribution in [1.29, 1.82) is 0 Å². The van der Waals surface area contributed by atoms with Gasteiger partial charge in [0.25, 0.3) is 0 Å². The van der Waals surface area contributed by atoms with Crippen LogP contribution in [0.1, 0.15) is 7.85 Å². The number of nitrogens with two attached hydrogens (primary N) is 2. The number of thiocarbonyl (C=S) groups is 1. The monoisotopic (exact) mass is 247 g/mol. The maximum Gasteiger partial charge on any atom is 1.00 e. The van der Waals surface area contributed by atoms with E-state index < -0.39 is 12.0 Å². The molecule has 8 heteroatoms. The third-order valence-corrected chi connectivity index (χ3v) is 1.92. The Labute approximate surface area is 116 Å². The first-order valence-corrected chi connectivity index (χ1v) is 5.38. The van der Waals surface area contributed by atoms with Crippen LogP contribution in [-0.4, -0.2) is 29.1 Å². The van der Waals surface area contributed by atoms with Crippen molar-refractivity contribution in [1.82, 2.24) is 5.48 Å². The van der Waals surface area contributed by atoms with Crippen LogP contribution in [0.3, 0.4) is 0 Å². The van der Waals surface area contributed by atoms with Gasteiger partial charge in [-0.25, -0.2) is 4.79 Å². The van der Waals surface area contributed by atoms with Gasteiger partial charge in [0.05, 0.1) is 0 Å². The van der Waals surface area contributed by atoms with Crippen molar-refractivity contribution in [2.75, 3.05) is 12.0 Å². The van der Waals surface area contributed by atoms with Crippen molar-refractivity contribution < 1.29 is 40.6 Å². The van der Waals surface area contributed by atoms with Crippen LogP contribution in [0.2, 0.25) is 0 Å². The second-order valence-corrected chi connectivity index (χ2v) is 3.70. The van der Waals surface area contributed by atoms with E-state index in [-0.39, 0.29) is 36.1 Å². The first kappa shape index (κ1) is 16.9. The number of hydrogen-bond donors (Lipinski definition) is 3. The maximum absolute atomic E-state index is 11.0. The Morgan fingerprint density at radius 2 is 2.36 bits per heavy atom. The molecule has 0 fully saturated rings. The molecule has 0 aromatic carbocycles. The molecule has 0 heterocycles. The summed E-state index contributed by atoms with van der Waals surface area (Å²) >= 11 is 6.05. The molecular weight excluding hydrogens is 233 g/mol. The van der Waals surface area contributed by atoms with Gasteiger partial charge in [0.2, 0.25) is 0 Å². The Hall–Kier alpha value is 0.470. The molecule has 14 heavy (non-hydrogen) atoms. The fourth-order valence-electron chi connectivity index (χ4n) is 0.539. The fraction of sp³-hybridized carbons (Fsp3) is 0.667. The van der Waals surface area contributed by atoms with Crippen molar-refractivity contribution in [3.05, 3.63) is 0 Å². The quantitative estimate of drug-likeness (QED) is 0.269. The Morgan fingerprint density at radius 3 is 2.79 bits per heavy atom. The second kappa shape index (κ2) is 10.0. The van der Waals surface area contributed by atoms with Gasteiger partial charge in [-0.3, -0.25) is 0 Å². The maximum atomic E-state index is 11.0. The third kappa shape index (κ3) is 9.04. The van der Waals surface area contributed by atoms with Crippen LogP contribution in [0, 0.1) is 0 Å². The summed E-state index contributed by atoms with van der Waals surface area (Å²) in [5, 5.41) is -0.0922. The van der Waals surface area contributed by atoms with E-state index in [0.717, 1.165) is 5.75 Å². The topological polar surface area (TPSA) is 90.4 Å². The summed E-state index contributed by atoms with van der Waals surface area (Å²) in [4.78, 5) is 15.5. The Bertz CT molecular complexity index is 199. The molecule has 0 rings (SSSR count). The van der Waals surface area contributed by atoms with Gasteiger partial charge in [-0.15, -0.1) is 0 Å². The summed E-state index contributed by atoms with van der Waals surface area (Å²) in [5.41, 5.74) is 12.6. The van der Waals surface area contributed by atoms with Gasteiger partial charge in [0.15, 0.2) is 5.11 Å². The minimum absolute atomic E-state index is 0. The molecular formula is C6H14N3NaO2S2. The molecule has 0 aliphatic heterocycles. The molecule has 0 aliphatic rings. The van der Waals surface area contributed by atoms with E-state index in [0.29, 0.717) is 6.42 Å². The first-order valence-electron chi connectivity index (χ1n) is 3.58. The van der Waals surface area contributed by atoms with E-state index >= 15 is 0 Å². The molecule has 0 radical (unpaired) electrons. The van der Waals surface area contributed by atoms with Gasteiger partial charge in [-0.05, 0) is 30.6 Å². The molecule has 5 nitrogen and oxygen atoms in total. The SMILES string of the molecule is CSCC[C@H](N)C(=O)ONC(N)=S.[H-].[Na+]. The van der Waals surface area contributed by atoms with Crippen molar-refractivity contribution in [2.45, 2.75) is 12.5 Å². The van der Waals surface area contributed by atoms with Gasteiger partial charge < -0.3 is 17.7 Å². The number of hydrogen-bond acceptors (Lipinski definition) is 5. The zero-order chi connectivity index (χ0) is 10.3. The normalized spacial score (nSPS) is 11.0. The second-order valence-electron chi connectivity index (χ2n) is 2.28. The van der Waals surface area contributed by atoms with Gasteiger partial charge >= 0.3 is 35.5 Å². The van der Waals surface area contributed by atoms with E-state index in [9.17, 15) is 4.79 Å². The van der Waals surface area contributed by atoms with Crippen LogP contribution < -0.4 is 46.5 Å². The minimum atomic E-state index is -0.630. The molecule has 0 saturated heterocycles. The van der Waals surface area contributed by atoms with E-state index in [1.165, 1.54) is 0 Å². The van der Waals surface area contributed by atoms with Gasteiger partial charge in [-0.1, -0.05) is 0 Å². The third-order valence-electron chi connectivity index (χ3n) is 1.19. The Balaban J connectivity index is -0.000000720. The predicted octanol–water partition coefficient (Wildman–Crippen LogP) is -3.53. The predicted molar refractivity (Wildman–Crippen MR) is 58.1 cm³/mol. The summed E-state index contributed by atoms with van der Waals surface area (Å²) in [5.74, 6) is 0.255. The largest absolute Gasteiger partial charge is 1.00 e. The molecule has 0 bridgehead atoms. The summed E-state index contributed by atoms with van der Waals surface area (Å²) in [6.45, 7) is 0. The van der Waals surface area contributed by atoms with E-state index in [2.05, 4.69) is 22.5 Å². The Kier molecular flexibility index (Phi) is 12.1. The molecule has 1 atom stereocenters. The number of rotatable bonds is 4. The van der Waals surface area contributed by atoms with Crippen LogP contribution in [0.25, 0.3) is 0 Å². The van der Waals surface area contributed by atoms with Crippen LogP contribution >= 0.6 is 24.0 Å². The summed E-state index contributed by atoms with van der Waals surface area (Å²) in [6.07, 6.45) is 2.50. The average Bonchev–Trinajstić information content (AvgIpc) is 2.10. The van der Waals surface area contributed by atoms with Crippen LogP contribution in [0.4, 0.5) is 0 Å². The summed E-state index contributed by atoms with van der Waals surface area (Å²) in [6, 6.07) is -0.630. The molecule has 0 aromatic rings. The first-order chi connectivity index (χ1) is 6.07. The standard InChI is InChI=1S/C6H13N3O2S2.Na.H/c1-13-3-2-4(7)5(10)11-9-6(8)12;;/h4H,2-3,7H2,1H3,(H3,8,9,12);;/q;+1;-1/t4-;;/m0../s1. The van der Waals surface area contributed by atoms with Crippen molar-refractivity contribution in [2.24, 2.45) is 11.5 Å². The van der Waals surface area contributed by atoms with Gasteiger partial charge in [0.1, 0.15) is 6.04 Å². The zero-order valence-electron chi connectivity index (χ0n) is 9.28. The number of carbonyl (C=O) groups is 1. The molecule has 0 spiro atoms. The van der Waals surface area contributed by atoms with E-state index in [4.69, 9.17) is 11.5 Å². The molecule has 0 aromatic heterocycles. The molecule has 0 unspecified atom stereocenters. The van der Waals surface area contributed by atoms with Crippen LogP contribution in [0.15, 0.2) is 0 Å². The van der Waals surface area contributed by atoms with Gasteiger partial charge in [0, 0.05) is 0 Å². The molecule has 0 saturated carbocycles. The molecule has 78 valence electrons. The number of nitrogens with one attached hydrogen (secondary N) is 1. The number of thioether (sulfide) groups is 1. The van der Waals surface area contributed by atoms with Gasteiger partial charge in [-0.2, -0.15) is 17.2 Å². The summed E-state index contributed by atoms with van der Waals surface area (Å²) < 4.78 is 0. The smallest absolute Gasteiger partial charge is 1.00 e. The van der Waals surface area contributed by atoms with Crippen molar-refractivity contribution in [3.8, 4) is 0 Å². The summed E-state index contributed by atoms with van der Waals surface area (Å²) in [7, 11) is 0. The van der Waals surface area contributed by atoms with Crippen molar-refractivity contribution >= 4 is 35.1 Å². The zero-order valence-corrected chi connectivity index (χ0v) is 11.9. The molecule has 0 amide bonds. The average molecular weight is 247 g/mol. The van der Waals surface area contributed by atoms with E-state index in [1.54, 1.807) is 11.8 Å². The van der Waals surface area contributed by atoms with E-state index in [1.807, 2.05) is 6.26 Å².